The molecule has 0 aromatic heterocycles. The van der Waals surface area contributed by atoms with Gasteiger partial charge in [-0.25, -0.2) is 4.79 Å². The summed E-state index contributed by atoms with van der Waals surface area (Å²) in [5.74, 6) is 0. The molecule has 0 aliphatic carbocycles. The zero-order valence-electron chi connectivity index (χ0n) is 12.3. The summed E-state index contributed by atoms with van der Waals surface area (Å²) in [4.78, 5) is 14.0. The van der Waals surface area contributed by atoms with Crippen LogP contribution in [0.25, 0.3) is 0 Å². The lowest BCUT2D eigenvalue weighted by molar-refractivity contribution is -0.00611. The van der Waals surface area contributed by atoms with E-state index in [1.54, 1.807) is 0 Å². The Kier molecular flexibility index (Phi) is 4.68. The van der Waals surface area contributed by atoms with Crippen molar-refractivity contribution in [2.24, 2.45) is 0 Å². The molecular formula is C14H26N2O3. The van der Waals surface area contributed by atoms with Gasteiger partial charge in [0, 0.05) is 12.6 Å². The molecule has 1 amide bonds. The van der Waals surface area contributed by atoms with Crippen molar-refractivity contribution in [2.75, 3.05) is 26.3 Å². The minimum atomic E-state index is -0.411. The molecule has 0 saturated carbocycles. The molecule has 0 aromatic carbocycles. The van der Waals surface area contributed by atoms with Crippen LogP contribution in [-0.4, -0.2) is 55.0 Å². The van der Waals surface area contributed by atoms with Gasteiger partial charge in [-0.3, -0.25) is 0 Å². The Morgan fingerprint density at radius 2 is 2.16 bits per heavy atom. The van der Waals surface area contributed by atoms with Crippen LogP contribution in [0, 0.1) is 0 Å². The average Bonchev–Trinajstić information content (AvgIpc) is 2.67. The van der Waals surface area contributed by atoms with Crippen LogP contribution in [0.15, 0.2) is 0 Å². The third-order valence-corrected chi connectivity index (χ3v) is 3.55. The van der Waals surface area contributed by atoms with Gasteiger partial charge in [0.2, 0.25) is 0 Å². The minimum absolute atomic E-state index is 0.165. The highest BCUT2D eigenvalue weighted by Gasteiger charge is 2.32. The predicted molar refractivity (Wildman–Crippen MR) is 73.2 cm³/mol. The van der Waals surface area contributed by atoms with Crippen molar-refractivity contribution in [1.29, 1.82) is 0 Å². The van der Waals surface area contributed by atoms with Crippen LogP contribution in [-0.2, 0) is 9.47 Å². The second-order valence-electron chi connectivity index (χ2n) is 6.45. The molecule has 5 heteroatoms. The number of carbonyl (C=O) groups excluding carboxylic acids is 1. The molecule has 2 saturated heterocycles. The van der Waals surface area contributed by atoms with Gasteiger partial charge in [-0.05, 0) is 46.6 Å². The summed E-state index contributed by atoms with van der Waals surface area (Å²) in [6.45, 7) is 9.14. The summed E-state index contributed by atoms with van der Waals surface area (Å²) in [6, 6.07) is 0.833. The van der Waals surface area contributed by atoms with Crippen molar-refractivity contribution >= 4 is 6.09 Å². The molecule has 2 heterocycles. The Morgan fingerprint density at radius 1 is 1.42 bits per heavy atom. The number of likely N-dealkylation sites (tertiary alicyclic amines) is 1. The van der Waals surface area contributed by atoms with Gasteiger partial charge in [-0.2, -0.15) is 0 Å². The predicted octanol–water partition coefficient (Wildman–Crippen LogP) is 1.76. The molecule has 1 atom stereocenters. The molecule has 2 aliphatic heterocycles. The van der Waals surface area contributed by atoms with Crippen LogP contribution in [0.1, 0.15) is 40.0 Å². The maximum absolute atomic E-state index is 12.1. The first-order valence-electron chi connectivity index (χ1n) is 7.26. The maximum Gasteiger partial charge on any atom is 0.410 e. The number of nitrogens with one attached hydrogen (secondary N) is 1. The van der Waals surface area contributed by atoms with Crippen molar-refractivity contribution in [2.45, 2.75) is 57.7 Å². The Hall–Kier alpha value is -0.810. The van der Waals surface area contributed by atoms with Crippen molar-refractivity contribution in [3.63, 3.8) is 0 Å². The highest BCUT2D eigenvalue weighted by atomic mass is 16.6. The van der Waals surface area contributed by atoms with E-state index in [1.807, 2.05) is 25.7 Å². The van der Waals surface area contributed by atoms with Crippen molar-refractivity contribution in [3.8, 4) is 0 Å². The first kappa shape index (κ1) is 14.6. The molecule has 5 nitrogen and oxygen atoms in total. The second-order valence-corrected chi connectivity index (χ2v) is 6.45. The van der Waals surface area contributed by atoms with E-state index in [0.717, 1.165) is 45.6 Å². The molecule has 1 unspecified atom stereocenters. The number of nitrogens with zero attached hydrogens (tertiary/aromatic N) is 1. The summed E-state index contributed by atoms with van der Waals surface area (Å²) in [7, 11) is 0. The summed E-state index contributed by atoms with van der Waals surface area (Å²) < 4.78 is 10.6. The number of hydrogen-bond acceptors (Lipinski definition) is 4. The number of carbonyl (C=O) groups is 1. The molecule has 2 fully saturated rings. The summed E-state index contributed by atoms with van der Waals surface area (Å²) >= 11 is 0. The van der Waals surface area contributed by atoms with Crippen LogP contribution in [0.2, 0.25) is 0 Å². The lowest BCUT2D eigenvalue weighted by atomic mass is 10.1. The topological polar surface area (TPSA) is 50.8 Å². The molecule has 0 spiro atoms. The van der Waals surface area contributed by atoms with Crippen LogP contribution >= 0.6 is 0 Å². The van der Waals surface area contributed by atoms with Crippen LogP contribution in [0.5, 0.6) is 0 Å². The monoisotopic (exact) mass is 270 g/mol. The normalized spacial score (nSPS) is 24.4. The van der Waals surface area contributed by atoms with Crippen molar-refractivity contribution in [3.05, 3.63) is 0 Å². The molecule has 1 N–H and O–H groups in total. The number of hydrogen-bond donors (Lipinski definition) is 1. The van der Waals surface area contributed by atoms with E-state index in [4.69, 9.17) is 9.47 Å². The lowest BCUT2D eigenvalue weighted by Crippen LogP contribution is -2.47. The van der Waals surface area contributed by atoms with Crippen molar-refractivity contribution < 1.29 is 14.3 Å². The molecule has 0 radical (unpaired) electrons. The first-order valence-corrected chi connectivity index (χ1v) is 7.26. The summed E-state index contributed by atoms with van der Waals surface area (Å²) in [5, 5.41) is 3.45. The quantitative estimate of drug-likeness (QED) is 0.846. The standard InChI is InChI=1S/C14H26N2O3/c1-14(2,3)19-13(17)16-8-4-5-12(16)6-7-15-11-9-18-10-11/h11-12,15H,4-10H2,1-3H3. The largest absolute Gasteiger partial charge is 0.444 e. The Balaban J connectivity index is 1.74. The third-order valence-electron chi connectivity index (χ3n) is 3.55. The second kappa shape index (κ2) is 6.09. The van der Waals surface area contributed by atoms with Gasteiger partial charge in [-0.15, -0.1) is 0 Å². The van der Waals surface area contributed by atoms with E-state index in [9.17, 15) is 4.79 Å². The van der Waals surface area contributed by atoms with E-state index in [2.05, 4.69) is 5.32 Å². The maximum atomic E-state index is 12.1. The van der Waals surface area contributed by atoms with E-state index in [-0.39, 0.29) is 6.09 Å². The summed E-state index contributed by atoms with van der Waals surface area (Å²) in [6.07, 6.45) is 3.00. The number of rotatable bonds is 4. The molecule has 0 aromatic rings. The van der Waals surface area contributed by atoms with Gasteiger partial charge >= 0.3 is 6.09 Å². The fourth-order valence-electron chi connectivity index (χ4n) is 2.50. The number of ether oxygens (including phenoxy) is 2. The third kappa shape index (κ3) is 4.35. The van der Waals surface area contributed by atoms with E-state index in [0.29, 0.717) is 12.1 Å². The SMILES string of the molecule is CC(C)(C)OC(=O)N1CCCC1CCNC1COC1. The Labute approximate surface area is 115 Å². The van der Waals surface area contributed by atoms with Crippen LogP contribution in [0.3, 0.4) is 0 Å². The highest BCUT2D eigenvalue weighted by molar-refractivity contribution is 5.68. The zero-order chi connectivity index (χ0) is 13.9. The van der Waals surface area contributed by atoms with E-state index in [1.165, 1.54) is 0 Å². The average molecular weight is 270 g/mol. The van der Waals surface area contributed by atoms with Gasteiger partial charge in [0.25, 0.3) is 0 Å². The van der Waals surface area contributed by atoms with Gasteiger partial charge in [0.1, 0.15) is 5.60 Å². The lowest BCUT2D eigenvalue weighted by Gasteiger charge is -2.30. The Morgan fingerprint density at radius 3 is 2.74 bits per heavy atom. The molecule has 0 bridgehead atoms. The fraction of sp³-hybridized carbons (Fsp3) is 0.929. The van der Waals surface area contributed by atoms with Crippen LogP contribution in [0.4, 0.5) is 4.79 Å². The van der Waals surface area contributed by atoms with E-state index < -0.39 is 5.60 Å². The van der Waals surface area contributed by atoms with Gasteiger partial charge in [0.15, 0.2) is 0 Å². The molecule has 19 heavy (non-hydrogen) atoms. The van der Waals surface area contributed by atoms with Gasteiger partial charge < -0.3 is 19.7 Å². The van der Waals surface area contributed by atoms with Gasteiger partial charge in [0.05, 0.1) is 19.3 Å². The first-order chi connectivity index (χ1) is 8.96. The summed E-state index contributed by atoms with van der Waals surface area (Å²) in [5.41, 5.74) is -0.411. The van der Waals surface area contributed by atoms with Crippen molar-refractivity contribution in [1.82, 2.24) is 10.2 Å². The smallest absolute Gasteiger partial charge is 0.410 e. The van der Waals surface area contributed by atoms with Crippen LogP contribution < -0.4 is 5.32 Å². The fourth-order valence-corrected chi connectivity index (χ4v) is 2.50. The molecule has 2 rings (SSSR count). The highest BCUT2D eigenvalue weighted by Crippen LogP contribution is 2.22. The Bertz CT molecular complexity index is 310. The molecule has 2 aliphatic rings. The number of amides is 1. The molecule has 110 valence electrons. The minimum Gasteiger partial charge on any atom is -0.444 e. The van der Waals surface area contributed by atoms with E-state index >= 15 is 0 Å². The zero-order valence-corrected chi connectivity index (χ0v) is 12.3. The molecular weight excluding hydrogens is 244 g/mol. The van der Waals surface area contributed by atoms with Gasteiger partial charge in [-0.1, -0.05) is 0 Å².